The minimum Gasteiger partial charge on any atom is -0.404 e. The van der Waals surface area contributed by atoms with Crippen LogP contribution < -0.4 is 4.52 Å². The van der Waals surface area contributed by atoms with Gasteiger partial charge >= 0.3 is 7.82 Å². The van der Waals surface area contributed by atoms with E-state index < -0.39 is 7.82 Å². The molecule has 0 radical (unpaired) electrons. The van der Waals surface area contributed by atoms with Gasteiger partial charge in [0, 0.05) is 0 Å². The number of hydrogen-bond acceptors (Lipinski definition) is 3. The van der Waals surface area contributed by atoms with Crippen molar-refractivity contribution in [2.45, 2.75) is 0 Å². The molecule has 1 aromatic carbocycles. The summed E-state index contributed by atoms with van der Waals surface area (Å²) in [5.41, 5.74) is 0. The number of rotatable bonds is 3. The fourth-order valence-corrected chi connectivity index (χ4v) is 1.29. The lowest BCUT2D eigenvalue weighted by Crippen LogP contribution is -1.90. The standard InChI is InChI=1S/C6H6IO4P/c7-11-12(8,9)10-6-4-2-1-3-5-6/h1-5H,(H,8,9). The maximum Gasteiger partial charge on any atom is 0.537 e. The maximum atomic E-state index is 10.9. The summed E-state index contributed by atoms with van der Waals surface area (Å²) >= 11 is 1.32. The highest BCUT2D eigenvalue weighted by molar-refractivity contribution is 14.1. The molecule has 0 aliphatic heterocycles. The van der Waals surface area contributed by atoms with E-state index in [0.717, 1.165) is 0 Å². The Hall–Kier alpha value is -0.100. The largest absolute Gasteiger partial charge is 0.537 e. The summed E-state index contributed by atoms with van der Waals surface area (Å²) in [6.45, 7) is 0. The Kier molecular flexibility index (Phi) is 3.52. The first kappa shape index (κ1) is 9.98. The molecular formula is C6H6IO4P. The van der Waals surface area contributed by atoms with Crippen molar-refractivity contribution >= 4 is 30.8 Å². The van der Waals surface area contributed by atoms with E-state index >= 15 is 0 Å². The van der Waals surface area contributed by atoms with Gasteiger partial charge in [0.05, 0.1) is 0 Å². The number of phosphoric ester groups is 1. The van der Waals surface area contributed by atoms with E-state index in [1.54, 1.807) is 30.3 Å². The lowest BCUT2D eigenvalue weighted by Gasteiger charge is -2.07. The van der Waals surface area contributed by atoms with E-state index in [0.29, 0.717) is 5.75 Å². The molecule has 66 valence electrons. The minimum absolute atomic E-state index is 0.306. The molecular weight excluding hydrogens is 294 g/mol. The molecule has 1 N–H and O–H groups in total. The van der Waals surface area contributed by atoms with Crippen LogP contribution in [0.15, 0.2) is 30.3 Å². The van der Waals surface area contributed by atoms with Crippen molar-refractivity contribution in [2.24, 2.45) is 0 Å². The van der Waals surface area contributed by atoms with Gasteiger partial charge < -0.3 is 4.52 Å². The van der Waals surface area contributed by atoms with Crippen LogP contribution in [0.4, 0.5) is 0 Å². The van der Waals surface area contributed by atoms with E-state index in [1.807, 2.05) is 0 Å². The van der Waals surface area contributed by atoms with Crippen LogP contribution in [0.25, 0.3) is 0 Å². The second-order valence-corrected chi connectivity index (χ2v) is 4.38. The van der Waals surface area contributed by atoms with Crippen molar-refractivity contribution < 1.29 is 16.8 Å². The van der Waals surface area contributed by atoms with Gasteiger partial charge in [-0.2, -0.15) is 0 Å². The van der Waals surface area contributed by atoms with Crippen LogP contribution in [0.5, 0.6) is 5.75 Å². The Morgan fingerprint density at radius 1 is 1.33 bits per heavy atom. The summed E-state index contributed by atoms with van der Waals surface area (Å²) in [5.74, 6) is 0.306. The smallest absolute Gasteiger partial charge is 0.404 e. The lowest BCUT2D eigenvalue weighted by atomic mass is 10.3. The maximum absolute atomic E-state index is 10.9. The van der Waals surface area contributed by atoms with Crippen LogP contribution in [-0.4, -0.2) is 4.89 Å². The highest BCUT2D eigenvalue weighted by Crippen LogP contribution is 2.45. The van der Waals surface area contributed by atoms with Gasteiger partial charge in [-0.15, -0.1) is 0 Å². The fraction of sp³-hybridized carbons (Fsp3) is 0. The average molecular weight is 300 g/mol. The molecule has 0 aliphatic rings. The van der Waals surface area contributed by atoms with E-state index in [1.165, 1.54) is 23.0 Å². The van der Waals surface area contributed by atoms with E-state index in [2.05, 4.69) is 7.38 Å². The Morgan fingerprint density at radius 2 is 1.92 bits per heavy atom. The van der Waals surface area contributed by atoms with Crippen LogP contribution >= 0.6 is 30.8 Å². The summed E-state index contributed by atoms with van der Waals surface area (Å²) in [4.78, 5) is 8.88. The zero-order chi connectivity index (χ0) is 9.03. The molecule has 6 heteroatoms. The molecule has 1 unspecified atom stereocenters. The average Bonchev–Trinajstić information content (AvgIpc) is 2.06. The van der Waals surface area contributed by atoms with Gasteiger partial charge in [-0.25, -0.2) is 7.42 Å². The Labute approximate surface area is 83.8 Å². The molecule has 12 heavy (non-hydrogen) atoms. The van der Waals surface area contributed by atoms with Gasteiger partial charge in [0.25, 0.3) is 0 Å². The minimum atomic E-state index is -3.91. The van der Waals surface area contributed by atoms with Gasteiger partial charge in [0.2, 0.25) is 0 Å². The first-order valence-corrected chi connectivity index (χ1v) is 5.39. The lowest BCUT2D eigenvalue weighted by molar-refractivity contribution is 0.318. The molecule has 1 aromatic rings. The first-order chi connectivity index (χ1) is 5.64. The molecule has 0 bridgehead atoms. The molecule has 0 aliphatic carbocycles. The summed E-state index contributed by atoms with van der Waals surface area (Å²) in [5, 5.41) is 0. The molecule has 1 atom stereocenters. The number of para-hydroxylation sites is 1. The Balaban J connectivity index is 2.71. The van der Waals surface area contributed by atoms with Crippen molar-refractivity contribution in [3.8, 4) is 5.75 Å². The van der Waals surface area contributed by atoms with Crippen molar-refractivity contribution in [1.82, 2.24) is 0 Å². The third-order valence-corrected chi connectivity index (χ3v) is 3.16. The molecule has 0 spiro atoms. The number of benzene rings is 1. The SMILES string of the molecule is O=P(O)(OI)Oc1ccccc1. The van der Waals surface area contributed by atoms with Crippen molar-refractivity contribution in [3.63, 3.8) is 0 Å². The zero-order valence-electron chi connectivity index (χ0n) is 5.88. The van der Waals surface area contributed by atoms with E-state index in [-0.39, 0.29) is 0 Å². The molecule has 0 amide bonds. The van der Waals surface area contributed by atoms with Crippen molar-refractivity contribution in [2.75, 3.05) is 0 Å². The van der Waals surface area contributed by atoms with E-state index in [9.17, 15) is 4.57 Å². The molecule has 0 fully saturated rings. The summed E-state index contributed by atoms with van der Waals surface area (Å²) in [6, 6.07) is 8.31. The predicted molar refractivity (Wildman–Crippen MR) is 52.0 cm³/mol. The highest BCUT2D eigenvalue weighted by atomic mass is 127. The van der Waals surface area contributed by atoms with Crippen LogP contribution in [0.2, 0.25) is 0 Å². The molecule has 0 aromatic heterocycles. The number of halogens is 1. The second-order valence-electron chi connectivity index (χ2n) is 1.94. The second kappa shape index (κ2) is 4.23. The number of phosphoric acid groups is 1. The molecule has 4 nitrogen and oxygen atoms in total. The molecule has 0 heterocycles. The third kappa shape index (κ3) is 3.10. The number of hydrogen-bond donors (Lipinski definition) is 1. The fourth-order valence-electron chi connectivity index (χ4n) is 0.629. The summed E-state index contributed by atoms with van der Waals surface area (Å²) in [6.07, 6.45) is 0. The predicted octanol–water partition coefficient (Wildman–Crippen LogP) is 2.53. The van der Waals surface area contributed by atoms with Gasteiger partial charge in [0.15, 0.2) is 0 Å². The Bertz CT molecular complexity index is 289. The summed E-state index contributed by atoms with van der Waals surface area (Å²) in [7, 11) is -3.91. The first-order valence-electron chi connectivity index (χ1n) is 3.02. The Morgan fingerprint density at radius 3 is 2.42 bits per heavy atom. The molecule has 1 rings (SSSR count). The molecule has 0 saturated carbocycles. The van der Waals surface area contributed by atoms with Gasteiger partial charge in [0.1, 0.15) is 28.8 Å². The monoisotopic (exact) mass is 300 g/mol. The normalized spacial score (nSPS) is 15.2. The van der Waals surface area contributed by atoms with Gasteiger partial charge in [-0.1, -0.05) is 18.2 Å². The van der Waals surface area contributed by atoms with Crippen molar-refractivity contribution in [3.05, 3.63) is 30.3 Å². The molecule has 0 saturated heterocycles. The van der Waals surface area contributed by atoms with Crippen LogP contribution in [0.1, 0.15) is 0 Å². The van der Waals surface area contributed by atoms with Gasteiger partial charge in [-0.3, -0.25) is 4.89 Å². The highest BCUT2D eigenvalue weighted by Gasteiger charge is 2.21. The third-order valence-electron chi connectivity index (χ3n) is 1.05. The van der Waals surface area contributed by atoms with Crippen LogP contribution in [0, 0.1) is 0 Å². The van der Waals surface area contributed by atoms with Crippen LogP contribution in [0.3, 0.4) is 0 Å². The van der Waals surface area contributed by atoms with Crippen molar-refractivity contribution in [1.29, 1.82) is 0 Å². The quantitative estimate of drug-likeness (QED) is 0.688. The summed E-state index contributed by atoms with van der Waals surface area (Å²) < 4.78 is 19.7. The topological polar surface area (TPSA) is 55.8 Å². The van der Waals surface area contributed by atoms with Crippen LogP contribution in [-0.2, 0) is 7.42 Å². The van der Waals surface area contributed by atoms with Gasteiger partial charge in [-0.05, 0) is 12.1 Å². The zero-order valence-corrected chi connectivity index (χ0v) is 8.94. The van der Waals surface area contributed by atoms with E-state index in [4.69, 9.17) is 4.89 Å².